The summed E-state index contributed by atoms with van der Waals surface area (Å²) in [5.74, 6) is -3.38. The van der Waals surface area contributed by atoms with Crippen LogP contribution >= 0.6 is 0 Å². The lowest BCUT2D eigenvalue weighted by Gasteiger charge is -2.35. The lowest BCUT2D eigenvalue weighted by molar-refractivity contribution is -0.145. The van der Waals surface area contributed by atoms with Gasteiger partial charge in [-0.15, -0.1) is 0 Å². The van der Waals surface area contributed by atoms with E-state index in [1.165, 1.54) is 21.9 Å². The molecule has 8 heteroatoms. The molecule has 164 valence electrons. The number of amides is 2. The van der Waals surface area contributed by atoms with E-state index in [0.29, 0.717) is 24.3 Å². The number of ketones is 1. The van der Waals surface area contributed by atoms with Crippen molar-refractivity contribution in [2.45, 2.75) is 24.5 Å². The fraction of sp³-hybridized carbons (Fsp3) is 0.292. The molecule has 0 radical (unpaired) electrons. The van der Waals surface area contributed by atoms with Crippen LogP contribution in [0.2, 0.25) is 0 Å². The van der Waals surface area contributed by atoms with Gasteiger partial charge in [0, 0.05) is 37.0 Å². The van der Waals surface area contributed by atoms with Crippen molar-refractivity contribution in [3.8, 4) is 0 Å². The highest BCUT2D eigenvalue weighted by Crippen LogP contribution is 2.53. The zero-order chi connectivity index (χ0) is 22.6. The van der Waals surface area contributed by atoms with E-state index >= 15 is 0 Å². The number of likely N-dealkylation sites (N-methyl/N-ethyl adjacent to an activating group) is 1. The van der Waals surface area contributed by atoms with Crippen LogP contribution in [0.5, 0.6) is 0 Å². The molecule has 3 aliphatic rings. The van der Waals surface area contributed by atoms with Crippen molar-refractivity contribution in [2.75, 3.05) is 25.1 Å². The van der Waals surface area contributed by atoms with Crippen molar-refractivity contribution >= 4 is 29.0 Å². The summed E-state index contributed by atoms with van der Waals surface area (Å²) in [7, 11) is 1.57. The Labute approximate surface area is 183 Å². The van der Waals surface area contributed by atoms with Crippen LogP contribution < -0.4 is 4.90 Å². The van der Waals surface area contributed by atoms with Crippen LogP contribution in [0.3, 0.4) is 0 Å². The van der Waals surface area contributed by atoms with Crippen molar-refractivity contribution in [3.05, 3.63) is 71.0 Å². The SMILES string of the molecule is CN1C(=O)C2(/C(=C(/O)c3ccc(F)cc3)C(=O)C(=O)N2CC2CCCO2)c2ccccc21. The maximum absolute atomic E-state index is 13.8. The number of para-hydroxylation sites is 1. The lowest BCUT2D eigenvalue weighted by atomic mass is 9.81. The molecule has 3 heterocycles. The molecule has 2 atom stereocenters. The average molecular weight is 436 g/mol. The minimum absolute atomic E-state index is 0.0404. The van der Waals surface area contributed by atoms with Gasteiger partial charge in [-0.05, 0) is 43.2 Å². The highest BCUT2D eigenvalue weighted by Gasteiger charge is 2.66. The smallest absolute Gasteiger partial charge is 0.296 e. The van der Waals surface area contributed by atoms with Crippen LogP contribution in [-0.2, 0) is 24.7 Å². The van der Waals surface area contributed by atoms with Crippen LogP contribution in [0.25, 0.3) is 5.76 Å². The molecule has 5 rings (SSSR count). The summed E-state index contributed by atoms with van der Waals surface area (Å²) in [6.07, 6.45) is 1.20. The number of Topliss-reactive ketones (excluding diaryl/α,β-unsaturated/α-hetero) is 1. The second-order valence-electron chi connectivity index (χ2n) is 8.20. The molecule has 0 bridgehead atoms. The largest absolute Gasteiger partial charge is 0.507 e. The number of anilines is 1. The molecule has 3 aliphatic heterocycles. The number of likely N-dealkylation sites (tertiary alicyclic amines) is 1. The molecule has 1 spiro atoms. The van der Waals surface area contributed by atoms with E-state index < -0.39 is 34.7 Å². The quantitative estimate of drug-likeness (QED) is 0.454. The van der Waals surface area contributed by atoms with Gasteiger partial charge < -0.3 is 19.6 Å². The first-order chi connectivity index (χ1) is 15.4. The summed E-state index contributed by atoms with van der Waals surface area (Å²) in [5.41, 5.74) is -1.01. The Hall–Kier alpha value is -3.52. The van der Waals surface area contributed by atoms with E-state index in [0.717, 1.165) is 18.6 Å². The molecule has 0 saturated carbocycles. The molecule has 2 aromatic carbocycles. The molecule has 2 fully saturated rings. The third-order valence-electron chi connectivity index (χ3n) is 6.47. The minimum atomic E-state index is -1.82. The maximum Gasteiger partial charge on any atom is 0.296 e. The van der Waals surface area contributed by atoms with Crippen molar-refractivity contribution in [1.82, 2.24) is 4.90 Å². The summed E-state index contributed by atoms with van der Waals surface area (Å²) >= 11 is 0. The Morgan fingerprint density at radius 2 is 1.88 bits per heavy atom. The number of rotatable bonds is 3. The molecular formula is C24H21FN2O5. The fourth-order valence-corrected chi connectivity index (χ4v) is 4.97. The van der Waals surface area contributed by atoms with Gasteiger partial charge in [-0.1, -0.05) is 18.2 Å². The molecule has 2 amide bonds. The Balaban J connectivity index is 1.79. The Morgan fingerprint density at radius 3 is 2.56 bits per heavy atom. The van der Waals surface area contributed by atoms with Gasteiger partial charge in [0.2, 0.25) is 0 Å². The zero-order valence-corrected chi connectivity index (χ0v) is 17.4. The molecule has 0 aliphatic carbocycles. The van der Waals surface area contributed by atoms with Crippen molar-refractivity contribution in [1.29, 1.82) is 0 Å². The number of halogens is 1. The Kier molecular flexibility index (Phi) is 4.63. The number of carbonyl (C=O) groups is 3. The number of fused-ring (bicyclic) bond motifs is 2. The van der Waals surface area contributed by atoms with E-state index in [2.05, 4.69) is 0 Å². The normalized spacial score (nSPS) is 26.4. The zero-order valence-electron chi connectivity index (χ0n) is 17.4. The van der Waals surface area contributed by atoms with Gasteiger partial charge in [0.25, 0.3) is 17.6 Å². The van der Waals surface area contributed by atoms with Crippen molar-refractivity contribution in [2.24, 2.45) is 0 Å². The highest BCUT2D eigenvalue weighted by atomic mass is 19.1. The number of aliphatic hydroxyl groups excluding tert-OH is 1. The van der Waals surface area contributed by atoms with Gasteiger partial charge in [0.15, 0.2) is 5.54 Å². The topological polar surface area (TPSA) is 87.2 Å². The Bertz CT molecular complexity index is 1170. The standard InChI is InChI=1S/C24H21FN2O5/c1-26-18-7-3-2-6-17(18)24(23(26)31)19(20(28)14-8-10-15(25)11-9-14)21(29)22(30)27(24)13-16-5-4-12-32-16/h2-3,6-11,16,28H,4-5,12-13H2,1H3/b20-19+. The first kappa shape index (κ1) is 20.4. The van der Waals surface area contributed by atoms with E-state index in [1.807, 2.05) is 0 Å². The third-order valence-corrected chi connectivity index (χ3v) is 6.47. The van der Waals surface area contributed by atoms with E-state index in [4.69, 9.17) is 4.74 Å². The van der Waals surface area contributed by atoms with Crippen LogP contribution in [0.1, 0.15) is 24.0 Å². The molecule has 0 aromatic heterocycles. The molecule has 2 unspecified atom stereocenters. The maximum atomic E-state index is 13.8. The Morgan fingerprint density at radius 1 is 1.16 bits per heavy atom. The lowest BCUT2D eigenvalue weighted by Crippen LogP contribution is -2.53. The van der Waals surface area contributed by atoms with E-state index in [9.17, 15) is 23.9 Å². The van der Waals surface area contributed by atoms with Gasteiger partial charge in [0.05, 0.1) is 11.7 Å². The van der Waals surface area contributed by atoms with Crippen LogP contribution in [0, 0.1) is 5.82 Å². The number of hydrogen-bond donors (Lipinski definition) is 1. The summed E-state index contributed by atoms with van der Waals surface area (Å²) in [5, 5.41) is 11.2. The second kappa shape index (κ2) is 7.27. The molecule has 2 aromatic rings. The highest BCUT2D eigenvalue weighted by molar-refractivity contribution is 6.50. The van der Waals surface area contributed by atoms with Crippen LogP contribution in [-0.4, -0.2) is 53.9 Å². The molecule has 7 nitrogen and oxygen atoms in total. The number of aliphatic hydroxyl groups is 1. The minimum Gasteiger partial charge on any atom is -0.507 e. The third kappa shape index (κ3) is 2.65. The number of benzene rings is 2. The number of nitrogens with zero attached hydrogens (tertiary/aromatic N) is 2. The molecule has 2 saturated heterocycles. The number of hydrogen-bond acceptors (Lipinski definition) is 5. The summed E-state index contributed by atoms with van der Waals surface area (Å²) < 4.78 is 19.2. The van der Waals surface area contributed by atoms with Gasteiger partial charge in [-0.25, -0.2) is 4.39 Å². The summed E-state index contributed by atoms with van der Waals surface area (Å²) in [6, 6.07) is 11.8. The van der Waals surface area contributed by atoms with E-state index in [-0.39, 0.29) is 23.8 Å². The van der Waals surface area contributed by atoms with Gasteiger partial charge in [-0.3, -0.25) is 14.4 Å². The monoisotopic (exact) mass is 436 g/mol. The first-order valence-electron chi connectivity index (χ1n) is 10.4. The average Bonchev–Trinajstić information content (AvgIpc) is 3.45. The predicted molar refractivity (Wildman–Crippen MR) is 113 cm³/mol. The molecule has 32 heavy (non-hydrogen) atoms. The van der Waals surface area contributed by atoms with Crippen molar-refractivity contribution < 1.29 is 28.6 Å². The number of carbonyl (C=O) groups excluding carboxylic acids is 3. The van der Waals surface area contributed by atoms with Gasteiger partial charge in [-0.2, -0.15) is 0 Å². The van der Waals surface area contributed by atoms with Crippen LogP contribution in [0.15, 0.2) is 54.1 Å². The summed E-state index contributed by atoms with van der Waals surface area (Å²) in [6.45, 7) is 0.584. The van der Waals surface area contributed by atoms with Gasteiger partial charge in [0.1, 0.15) is 11.6 Å². The van der Waals surface area contributed by atoms with Gasteiger partial charge >= 0.3 is 0 Å². The van der Waals surface area contributed by atoms with Crippen LogP contribution in [0.4, 0.5) is 10.1 Å². The summed E-state index contributed by atoms with van der Waals surface area (Å²) in [4.78, 5) is 43.0. The predicted octanol–water partition coefficient (Wildman–Crippen LogP) is 2.56. The fourth-order valence-electron chi connectivity index (χ4n) is 4.97. The van der Waals surface area contributed by atoms with Crippen molar-refractivity contribution in [3.63, 3.8) is 0 Å². The first-order valence-corrected chi connectivity index (χ1v) is 10.4. The number of ether oxygens (including phenoxy) is 1. The second-order valence-corrected chi connectivity index (χ2v) is 8.20. The molecular weight excluding hydrogens is 415 g/mol. The van der Waals surface area contributed by atoms with E-state index in [1.54, 1.807) is 31.3 Å². The molecule has 1 N–H and O–H groups in total.